The molecule has 1 aliphatic rings. The van der Waals surface area contributed by atoms with Crippen LogP contribution in [0.5, 0.6) is 0 Å². The van der Waals surface area contributed by atoms with E-state index in [-0.39, 0.29) is 5.91 Å². The van der Waals surface area contributed by atoms with Gasteiger partial charge in [-0.2, -0.15) is 0 Å². The number of nitrogens with zero attached hydrogens (tertiary/aromatic N) is 1. The molecule has 0 fully saturated rings. The SMILES string of the molecule is CCC(C)N1CC(=O)Nc2c(Cl)cccc21. The number of carbonyl (C=O) groups is 1. The molecule has 3 nitrogen and oxygen atoms in total. The van der Waals surface area contributed by atoms with Crippen molar-refractivity contribution in [3.8, 4) is 0 Å². The van der Waals surface area contributed by atoms with Gasteiger partial charge in [0.25, 0.3) is 0 Å². The highest BCUT2D eigenvalue weighted by Crippen LogP contribution is 2.36. The second-order valence-electron chi connectivity index (χ2n) is 4.07. The molecule has 1 aromatic carbocycles. The second kappa shape index (κ2) is 4.34. The molecular weight excluding hydrogens is 224 g/mol. The van der Waals surface area contributed by atoms with Crippen molar-refractivity contribution in [3.05, 3.63) is 23.2 Å². The standard InChI is InChI=1S/C12H15ClN2O/c1-3-8(2)15-7-11(16)14-12-9(13)5-4-6-10(12)15/h4-6,8H,3,7H2,1-2H3,(H,14,16). The van der Waals surface area contributed by atoms with Gasteiger partial charge in [-0.3, -0.25) is 4.79 Å². The number of fused-ring (bicyclic) bond motifs is 1. The molecule has 0 aromatic heterocycles. The molecule has 1 heterocycles. The third kappa shape index (κ3) is 1.87. The van der Waals surface area contributed by atoms with Gasteiger partial charge in [-0.05, 0) is 25.5 Å². The molecule has 1 aromatic rings. The summed E-state index contributed by atoms with van der Waals surface area (Å²) in [6.45, 7) is 4.63. The minimum Gasteiger partial charge on any atom is -0.358 e. The summed E-state index contributed by atoms with van der Waals surface area (Å²) in [5, 5.41) is 3.42. The van der Waals surface area contributed by atoms with Crippen LogP contribution in [0.3, 0.4) is 0 Å². The van der Waals surface area contributed by atoms with Gasteiger partial charge >= 0.3 is 0 Å². The van der Waals surface area contributed by atoms with Crippen LogP contribution >= 0.6 is 11.6 Å². The molecule has 0 spiro atoms. The van der Waals surface area contributed by atoms with Crippen LogP contribution in [-0.2, 0) is 4.79 Å². The molecule has 2 rings (SSSR count). The van der Waals surface area contributed by atoms with Gasteiger partial charge in [0.1, 0.15) is 0 Å². The predicted octanol–water partition coefficient (Wildman–Crippen LogP) is 2.90. The Hall–Kier alpha value is -1.22. The fourth-order valence-corrected chi connectivity index (χ4v) is 2.13. The van der Waals surface area contributed by atoms with Crippen LogP contribution in [0.4, 0.5) is 11.4 Å². The summed E-state index contributed by atoms with van der Waals surface area (Å²) in [7, 11) is 0. The average molecular weight is 239 g/mol. The number of amides is 1. The van der Waals surface area contributed by atoms with Gasteiger partial charge in [-0.1, -0.05) is 24.6 Å². The third-order valence-corrected chi connectivity index (χ3v) is 3.32. The lowest BCUT2D eigenvalue weighted by atomic mass is 10.1. The van der Waals surface area contributed by atoms with Gasteiger partial charge < -0.3 is 10.2 Å². The maximum Gasteiger partial charge on any atom is 0.244 e. The first-order chi connectivity index (χ1) is 7.63. The smallest absolute Gasteiger partial charge is 0.244 e. The number of rotatable bonds is 2. The third-order valence-electron chi connectivity index (χ3n) is 3.00. The van der Waals surface area contributed by atoms with E-state index in [0.29, 0.717) is 17.6 Å². The Morgan fingerprint density at radius 2 is 2.31 bits per heavy atom. The number of hydrogen-bond donors (Lipinski definition) is 1. The molecule has 0 saturated heterocycles. The molecule has 1 unspecified atom stereocenters. The van der Waals surface area contributed by atoms with Crippen LogP contribution in [0.15, 0.2) is 18.2 Å². The van der Waals surface area contributed by atoms with Gasteiger partial charge in [0, 0.05) is 6.04 Å². The summed E-state index contributed by atoms with van der Waals surface area (Å²) in [5.74, 6) is 0.000833. The molecule has 1 aliphatic heterocycles. The van der Waals surface area contributed by atoms with E-state index in [0.717, 1.165) is 17.8 Å². The zero-order chi connectivity index (χ0) is 11.7. The quantitative estimate of drug-likeness (QED) is 0.859. The molecule has 0 bridgehead atoms. The molecular formula is C12H15ClN2O. The number of halogens is 1. The van der Waals surface area contributed by atoms with Crippen LogP contribution in [0.25, 0.3) is 0 Å². The minimum atomic E-state index is 0.000833. The fraction of sp³-hybridized carbons (Fsp3) is 0.417. The highest BCUT2D eigenvalue weighted by molar-refractivity contribution is 6.34. The zero-order valence-corrected chi connectivity index (χ0v) is 10.2. The van der Waals surface area contributed by atoms with Gasteiger partial charge in [-0.25, -0.2) is 0 Å². The summed E-state index contributed by atoms with van der Waals surface area (Å²) in [5.41, 5.74) is 1.75. The van der Waals surface area contributed by atoms with Gasteiger partial charge in [-0.15, -0.1) is 0 Å². The van der Waals surface area contributed by atoms with Crippen LogP contribution < -0.4 is 10.2 Å². The maximum absolute atomic E-state index is 11.6. The number of anilines is 2. The van der Waals surface area contributed by atoms with Crippen LogP contribution in [0.1, 0.15) is 20.3 Å². The summed E-state index contributed by atoms with van der Waals surface area (Å²) in [6.07, 6.45) is 0.999. The Morgan fingerprint density at radius 1 is 1.56 bits per heavy atom. The molecule has 1 amide bonds. The Kier molecular flexibility index (Phi) is 3.06. The Labute approximate surface area is 100 Å². The summed E-state index contributed by atoms with van der Waals surface area (Å²) >= 11 is 6.08. The van der Waals surface area contributed by atoms with E-state index in [4.69, 9.17) is 11.6 Å². The molecule has 86 valence electrons. The van der Waals surface area contributed by atoms with Crippen molar-refractivity contribution in [2.75, 3.05) is 16.8 Å². The topological polar surface area (TPSA) is 32.3 Å². The van der Waals surface area contributed by atoms with Gasteiger partial charge in [0.2, 0.25) is 5.91 Å². The first-order valence-corrected chi connectivity index (χ1v) is 5.86. The molecule has 0 radical (unpaired) electrons. The summed E-state index contributed by atoms with van der Waals surface area (Å²) < 4.78 is 0. The van der Waals surface area contributed by atoms with E-state index in [1.165, 1.54) is 0 Å². The summed E-state index contributed by atoms with van der Waals surface area (Å²) in [6, 6.07) is 6.03. The van der Waals surface area contributed by atoms with Crippen molar-refractivity contribution in [2.45, 2.75) is 26.3 Å². The van der Waals surface area contributed by atoms with Crippen LogP contribution in [0.2, 0.25) is 5.02 Å². The van der Waals surface area contributed by atoms with Gasteiger partial charge in [0.15, 0.2) is 0 Å². The van der Waals surface area contributed by atoms with Crippen molar-refractivity contribution in [1.82, 2.24) is 0 Å². The number of nitrogens with one attached hydrogen (secondary N) is 1. The Balaban J connectivity index is 2.46. The maximum atomic E-state index is 11.6. The lowest BCUT2D eigenvalue weighted by Gasteiger charge is -2.35. The van der Waals surface area contributed by atoms with Crippen molar-refractivity contribution < 1.29 is 4.79 Å². The van der Waals surface area contributed by atoms with Crippen LogP contribution in [0, 0.1) is 0 Å². The first-order valence-electron chi connectivity index (χ1n) is 5.48. The van der Waals surface area contributed by atoms with Crippen molar-refractivity contribution in [1.29, 1.82) is 0 Å². The van der Waals surface area contributed by atoms with Gasteiger partial charge in [0.05, 0.1) is 22.9 Å². The zero-order valence-electron chi connectivity index (χ0n) is 9.46. The number of carbonyl (C=O) groups excluding carboxylic acids is 1. The van der Waals surface area contributed by atoms with E-state index >= 15 is 0 Å². The van der Waals surface area contributed by atoms with E-state index in [1.807, 2.05) is 12.1 Å². The van der Waals surface area contributed by atoms with Crippen molar-refractivity contribution in [2.24, 2.45) is 0 Å². The average Bonchev–Trinajstić information content (AvgIpc) is 2.28. The Bertz CT molecular complexity index is 419. The predicted molar refractivity (Wildman–Crippen MR) is 67.2 cm³/mol. The van der Waals surface area contributed by atoms with E-state index in [9.17, 15) is 4.79 Å². The first kappa shape index (κ1) is 11.3. The second-order valence-corrected chi connectivity index (χ2v) is 4.47. The van der Waals surface area contributed by atoms with E-state index in [1.54, 1.807) is 6.07 Å². The minimum absolute atomic E-state index is 0.000833. The molecule has 16 heavy (non-hydrogen) atoms. The highest BCUT2D eigenvalue weighted by atomic mass is 35.5. The lowest BCUT2D eigenvalue weighted by molar-refractivity contribution is -0.115. The molecule has 4 heteroatoms. The monoisotopic (exact) mass is 238 g/mol. The van der Waals surface area contributed by atoms with E-state index in [2.05, 4.69) is 24.1 Å². The number of hydrogen-bond acceptors (Lipinski definition) is 2. The lowest BCUT2D eigenvalue weighted by Crippen LogP contribution is -2.43. The number of para-hydroxylation sites is 1. The number of benzene rings is 1. The molecule has 1 N–H and O–H groups in total. The highest BCUT2D eigenvalue weighted by Gasteiger charge is 2.26. The van der Waals surface area contributed by atoms with Crippen molar-refractivity contribution >= 4 is 28.9 Å². The summed E-state index contributed by atoms with van der Waals surface area (Å²) in [4.78, 5) is 13.7. The Morgan fingerprint density at radius 3 is 3.00 bits per heavy atom. The largest absolute Gasteiger partial charge is 0.358 e. The molecule has 1 atom stereocenters. The van der Waals surface area contributed by atoms with E-state index < -0.39 is 0 Å². The normalized spacial score (nSPS) is 16.7. The molecule has 0 aliphatic carbocycles. The molecule has 0 saturated carbocycles. The van der Waals surface area contributed by atoms with Crippen LogP contribution in [-0.4, -0.2) is 18.5 Å². The fourth-order valence-electron chi connectivity index (χ4n) is 1.91. The van der Waals surface area contributed by atoms with Crippen molar-refractivity contribution in [3.63, 3.8) is 0 Å².